The zero-order valence-corrected chi connectivity index (χ0v) is 18.3. The second-order valence-corrected chi connectivity index (χ2v) is 8.13. The van der Waals surface area contributed by atoms with Crippen molar-refractivity contribution in [2.75, 3.05) is 24.2 Å². The number of fused-ring (bicyclic) bond motifs is 1. The molecule has 2 aliphatic heterocycles. The van der Waals surface area contributed by atoms with Gasteiger partial charge in [0.15, 0.2) is 5.96 Å². The van der Waals surface area contributed by atoms with Crippen LogP contribution in [0.25, 0.3) is 0 Å². The minimum Gasteiger partial charge on any atom is -0.370 e. The van der Waals surface area contributed by atoms with E-state index < -0.39 is 0 Å². The van der Waals surface area contributed by atoms with Gasteiger partial charge in [0.25, 0.3) is 0 Å². The van der Waals surface area contributed by atoms with Crippen LogP contribution in [0.15, 0.2) is 52.1 Å². The lowest BCUT2D eigenvalue weighted by Crippen LogP contribution is -2.51. The number of nitrogens with one attached hydrogen (secondary N) is 3. The Bertz CT molecular complexity index is 830. The normalized spacial score (nSPS) is 18.7. The number of nitrogens with zero attached hydrogens (tertiary/aromatic N) is 2. The molecule has 0 bridgehead atoms. The van der Waals surface area contributed by atoms with E-state index in [-0.39, 0.29) is 24.2 Å². The van der Waals surface area contributed by atoms with Crippen LogP contribution in [0.1, 0.15) is 37.8 Å². The third-order valence-corrected chi connectivity index (χ3v) is 5.75. The third kappa shape index (κ3) is 5.48. The number of nitrogens with two attached hydrogens (primary N) is 2. The lowest BCUT2D eigenvalue weighted by atomic mass is 10.0. The maximum absolute atomic E-state index is 12.6. The number of carbonyl (C=O) groups is 1. The smallest absolute Gasteiger partial charge is 0.327 e. The SMILES string of the molecule is CCCC(NCCCN=C(N)N)c1ccc(N2C=C3C=C(SC)NC3NC2=O)cc1. The van der Waals surface area contributed by atoms with Gasteiger partial charge in [-0.3, -0.25) is 9.89 Å². The number of benzene rings is 1. The molecular weight excluding hydrogens is 398 g/mol. The van der Waals surface area contributed by atoms with Gasteiger partial charge in [0.2, 0.25) is 0 Å². The number of hydrogen-bond donors (Lipinski definition) is 5. The number of hydrogen-bond acceptors (Lipinski definition) is 5. The summed E-state index contributed by atoms with van der Waals surface area (Å²) < 4.78 is 0. The van der Waals surface area contributed by atoms with Gasteiger partial charge in [-0.2, -0.15) is 0 Å². The molecule has 2 amide bonds. The first-order valence-electron chi connectivity index (χ1n) is 10.2. The average Bonchev–Trinajstić information content (AvgIpc) is 3.14. The van der Waals surface area contributed by atoms with Crippen molar-refractivity contribution in [3.05, 3.63) is 52.7 Å². The lowest BCUT2D eigenvalue weighted by molar-refractivity contribution is 0.244. The van der Waals surface area contributed by atoms with E-state index >= 15 is 0 Å². The van der Waals surface area contributed by atoms with Crippen LogP contribution in [-0.4, -0.2) is 37.5 Å². The molecule has 0 saturated carbocycles. The maximum atomic E-state index is 12.6. The Balaban J connectivity index is 1.66. The van der Waals surface area contributed by atoms with Crippen molar-refractivity contribution in [2.24, 2.45) is 16.5 Å². The molecule has 0 aliphatic carbocycles. The van der Waals surface area contributed by atoms with Gasteiger partial charge in [0, 0.05) is 24.4 Å². The summed E-state index contributed by atoms with van der Waals surface area (Å²) in [5, 5.41) is 10.9. The molecule has 0 aromatic heterocycles. The summed E-state index contributed by atoms with van der Waals surface area (Å²) in [5.41, 5.74) is 13.8. The molecule has 0 spiro atoms. The highest BCUT2D eigenvalue weighted by Crippen LogP contribution is 2.28. The Morgan fingerprint density at radius 1 is 1.30 bits per heavy atom. The monoisotopic (exact) mass is 429 g/mol. The molecule has 2 atom stereocenters. The summed E-state index contributed by atoms with van der Waals surface area (Å²) >= 11 is 1.63. The highest BCUT2D eigenvalue weighted by molar-refractivity contribution is 8.02. The summed E-state index contributed by atoms with van der Waals surface area (Å²) in [5.74, 6) is 0.132. The number of thioether (sulfide) groups is 1. The number of rotatable bonds is 10. The number of amides is 2. The minimum atomic E-state index is -0.146. The first-order chi connectivity index (χ1) is 14.5. The van der Waals surface area contributed by atoms with Gasteiger partial charge in [0.05, 0.1) is 10.7 Å². The Labute approximate surface area is 182 Å². The molecule has 30 heavy (non-hydrogen) atoms. The van der Waals surface area contributed by atoms with Gasteiger partial charge in [-0.25, -0.2) is 4.79 Å². The minimum absolute atomic E-state index is 0.132. The van der Waals surface area contributed by atoms with E-state index in [2.05, 4.69) is 46.1 Å². The van der Waals surface area contributed by atoms with Crippen LogP contribution in [-0.2, 0) is 0 Å². The molecule has 162 valence electrons. The summed E-state index contributed by atoms with van der Waals surface area (Å²) in [6.45, 7) is 3.63. The molecule has 8 nitrogen and oxygen atoms in total. The molecule has 9 heteroatoms. The maximum Gasteiger partial charge on any atom is 0.327 e. The van der Waals surface area contributed by atoms with Crippen molar-refractivity contribution < 1.29 is 4.79 Å². The predicted molar refractivity (Wildman–Crippen MR) is 125 cm³/mol. The largest absolute Gasteiger partial charge is 0.370 e. The van der Waals surface area contributed by atoms with Crippen LogP contribution in [0, 0.1) is 0 Å². The van der Waals surface area contributed by atoms with Crippen LogP contribution in [0.2, 0.25) is 0 Å². The van der Waals surface area contributed by atoms with E-state index in [1.165, 1.54) is 5.56 Å². The van der Waals surface area contributed by atoms with Crippen LogP contribution < -0.4 is 32.3 Å². The van der Waals surface area contributed by atoms with Gasteiger partial charge < -0.3 is 27.4 Å². The van der Waals surface area contributed by atoms with Gasteiger partial charge in [-0.05, 0) is 49.4 Å². The number of urea groups is 1. The Morgan fingerprint density at radius 3 is 2.73 bits per heavy atom. The van der Waals surface area contributed by atoms with Crippen molar-refractivity contribution in [3.8, 4) is 0 Å². The fourth-order valence-corrected chi connectivity index (χ4v) is 4.04. The Morgan fingerprint density at radius 2 is 2.07 bits per heavy atom. The fraction of sp³-hybridized carbons (Fsp3) is 0.429. The summed E-state index contributed by atoms with van der Waals surface area (Å²) in [7, 11) is 0. The zero-order valence-electron chi connectivity index (χ0n) is 17.5. The van der Waals surface area contributed by atoms with E-state index in [1.54, 1.807) is 16.7 Å². The highest BCUT2D eigenvalue weighted by Gasteiger charge is 2.30. The molecule has 1 aromatic carbocycles. The van der Waals surface area contributed by atoms with Gasteiger partial charge >= 0.3 is 6.03 Å². The average molecular weight is 430 g/mol. The summed E-state index contributed by atoms with van der Waals surface area (Å²) in [6, 6.07) is 8.30. The van der Waals surface area contributed by atoms with Crippen molar-refractivity contribution in [2.45, 2.75) is 38.4 Å². The fourth-order valence-electron chi connectivity index (χ4n) is 3.55. The van der Waals surface area contributed by atoms with Crippen molar-refractivity contribution in [1.82, 2.24) is 16.0 Å². The van der Waals surface area contributed by atoms with Gasteiger partial charge in [-0.1, -0.05) is 25.5 Å². The number of carbonyl (C=O) groups excluding carboxylic acids is 1. The standard InChI is InChI=1S/C21H31N7OS/c1-3-5-17(24-10-4-11-25-20(22)23)14-6-8-16(9-7-14)28-13-15-12-18(30-2)26-19(15)27-21(28)29/h6-9,12-13,17,19,24,26H,3-5,10-11H2,1-2H3,(H,27,29)(H4,22,23,25). The van der Waals surface area contributed by atoms with Crippen LogP contribution in [0.4, 0.5) is 10.5 Å². The third-order valence-electron chi connectivity index (χ3n) is 5.07. The van der Waals surface area contributed by atoms with Gasteiger partial charge in [0.1, 0.15) is 6.17 Å². The van der Waals surface area contributed by atoms with E-state index in [0.717, 1.165) is 42.1 Å². The lowest BCUT2D eigenvalue weighted by Gasteiger charge is -2.29. The van der Waals surface area contributed by atoms with E-state index in [4.69, 9.17) is 11.5 Å². The van der Waals surface area contributed by atoms with Crippen molar-refractivity contribution in [1.29, 1.82) is 0 Å². The van der Waals surface area contributed by atoms with Crippen LogP contribution >= 0.6 is 11.8 Å². The van der Waals surface area contributed by atoms with Crippen LogP contribution in [0.5, 0.6) is 0 Å². The molecule has 2 aliphatic rings. The second-order valence-electron chi connectivity index (χ2n) is 7.29. The van der Waals surface area contributed by atoms with Crippen molar-refractivity contribution in [3.63, 3.8) is 0 Å². The number of guanidine groups is 1. The molecule has 2 unspecified atom stereocenters. The Kier molecular flexibility index (Phi) is 7.64. The Hall–Kier alpha value is -2.65. The second kappa shape index (κ2) is 10.4. The zero-order chi connectivity index (χ0) is 21.5. The molecule has 2 heterocycles. The number of aliphatic imine (C=N–C) groups is 1. The number of anilines is 1. The van der Waals surface area contributed by atoms with Gasteiger partial charge in [-0.15, -0.1) is 11.8 Å². The molecule has 0 saturated heterocycles. The molecule has 0 radical (unpaired) electrons. The van der Waals surface area contributed by atoms with E-state index in [0.29, 0.717) is 6.54 Å². The quantitative estimate of drug-likeness (QED) is 0.221. The summed E-state index contributed by atoms with van der Waals surface area (Å²) in [4.78, 5) is 18.2. The first-order valence-corrected chi connectivity index (χ1v) is 11.5. The summed E-state index contributed by atoms with van der Waals surface area (Å²) in [6.07, 6.45) is 8.82. The molecule has 3 rings (SSSR count). The highest BCUT2D eigenvalue weighted by atomic mass is 32.2. The molecule has 7 N–H and O–H groups in total. The topological polar surface area (TPSA) is 121 Å². The van der Waals surface area contributed by atoms with E-state index in [1.807, 2.05) is 24.6 Å². The molecule has 1 aromatic rings. The van der Waals surface area contributed by atoms with Crippen molar-refractivity contribution >= 4 is 29.4 Å². The van der Waals surface area contributed by atoms with Crippen LogP contribution in [0.3, 0.4) is 0 Å². The van der Waals surface area contributed by atoms with E-state index in [9.17, 15) is 4.79 Å². The molecule has 0 fully saturated rings. The molecular formula is C21H31N7OS. The first kappa shape index (κ1) is 22.0. The predicted octanol–water partition coefficient (Wildman–Crippen LogP) is 2.33.